The highest BCUT2D eigenvalue weighted by Crippen LogP contribution is 2.48. The van der Waals surface area contributed by atoms with Crippen molar-refractivity contribution in [3.63, 3.8) is 0 Å². The van der Waals surface area contributed by atoms with E-state index >= 15 is 4.39 Å². The topological polar surface area (TPSA) is 71.9 Å². The van der Waals surface area contributed by atoms with Crippen molar-refractivity contribution < 1.29 is 36.9 Å². The molecule has 1 aromatic heterocycles. The number of rotatable bonds is 9. The molecule has 4 atom stereocenters. The molecule has 1 aliphatic carbocycles. The average molecular weight is 613 g/mol. The standard InChI is InChI=1S/C34H36F4N2O4/c1-19(33(41)42)32(21-4-5-21)23-6-3-20-8-10-29(44-30(20)14-23)22-7-9-26(27-15-31(43-2)39-16-28(27)35)24(13-22)17-40-12-11-25(18-40)34(36,37)38/h3,6-7,9,13-16,19,21,25,29,32H,4-5,8,10-12,17-18H2,1-2H3,(H,41,42)/t19-,25+,29?,32-/m0/s1. The molecule has 234 valence electrons. The van der Waals surface area contributed by atoms with Gasteiger partial charge in [0.1, 0.15) is 17.7 Å². The number of likely N-dealkylation sites (tertiary alicyclic amines) is 1. The Balaban J connectivity index is 1.31. The van der Waals surface area contributed by atoms with Crippen LogP contribution in [0.15, 0.2) is 48.7 Å². The summed E-state index contributed by atoms with van der Waals surface area (Å²) in [5.74, 6) is -2.03. The quantitative estimate of drug-likeness (QED) is 0.252. The van der Waals surface area contributed by atoms with E-state index in [2.05, 4.69) is 4.98 Å². The van der Waals surface area contributed by atoms with Crippen molar-refractivity contribution in [3.05, 3.63) is 76.7 Å². The summed E-state index contributed by atoms with van der Waals surface area (Å²) >= 11 is 0. The van der Waals surface area contributed by atoms with Crippen molar-refractivity contribution in [2.45, 2.75) is 63.8 Å². The minimum atomic E-state index is -4.26. The van der Waals surface area contributed by atoms with Crippen LogP contribution in [-0.4, -0.2) is 47.3 Å². The molecule has 2 fully saturated rings. The number of aryl methyl sites for hydroxylation is 1. The first-order chi connectivity index (χ1) is 21.0. The van der Waals surface area contributed by atoms with Gasteiger partial charge in [0.05, 0.1) is 25.1 Å². The van der Waals surface area contributed by atoms with Gasteiger partial charge in [0.25, 0.3) is 0 Å². The number of carbonyl (C=O) groups is 1. The zero-order valence-electron chi connectivity index (χ0n) is 24.7. The van der Waals surface area contributed by atoms with Crippen molar-refractivity contribution in [2.24, 2.45) is 17.8 Å². The largest absolute Gasteiger partial charge is 0.485 e. The minimum Gasteiger partial charge on any atom is -0.485 e. The lowest BCUT2D eigenvalue weighted by atomic mass is 9.82. The summed E-state index contributed by atoms with van der Waals surface area (Å²) in [6.07, 6.45) is 0.0252. The van der Waals surface area contributed by atoms with Gasteiger partial charge < -0.3 is 14.6 Å². The van der Waals surface area contributed by atoms with Gasteiger partial charge in [-0.25, -0.2) is 9.37 Å². The average Bonchev–Trinajstić information content (AvgIpc) is 3.72. The molecule has 1 N–H and O–H groups in total. The van der Waals surface area contributed by atoms with Crippen molar-refractivity contribution in [1.29, 1.82) is 0 Å². The molecular formula is C34H36F4N2O4. The van der Waals surface area contributed by atoms with Gasteiger partial charge in [-0.1, -0.05) is 37.3 Å². The van der Waals surface area contributed by atoms with Crippen LogP contribution in [0.25, 0.3) is 11.1 Å². The van der Waals surface area contributed by atoms with Crippen molar-refractivity contribution in [3.8, 4) is 22.8 Å². The number of nitrogens with zero attached hydrogens (tertiary/aromatic N) is 2. The molecule has 1 saturated heterocycles. The lowest BCUT2D eigenvalue weighted by Crippen LogP contribution is -2.27. The molecule has 0 amide bonds. The van der Waals surface area contributed by atoms with E-state index in [0.717, 1.165) is 47.9 Å². The lowest BCUT2D eigenvalue weighted by Gasteiger charge is -2.29. The monoisotopic (exact) mass is 612 g/mol. The smallest absolute Gasteiger partial charge is 0.393 e. The number of fused-ring (bicyclic) bond motifs is 1. The normalized spacial score (nSPS) is 21.8. The summed E-state index contributed by atoms with van der Waals surface area (Å²) in [5, 5.41) is 9.73. The lowest BCUT2D eigenvalue weighted by molar-refractivity contribution is -0.170. The second kappa shape index (κ2) is 12.0. The summed E-state index contributed by atoms with van der Waals surface area (Å²) in [6, 6.07) is 13.1. The summed E-state index contributed by atoms with van der Waals surface area (Å²) in [4.78, 5) is 17.6. The van der Waals surface area contributed by atoms with Crippen LogP contribution in [0.5, 0.6) is 11.6 Å². The maximum atomic E-state index is 15.1. The van der Waals surface area contributed by atoms with Gasteiger partial charge in [0.2, 0.25) is 5.88 Å². The number of pyridine rings is 1. The molecule has 3 aliphatic rings. The molecule has 10 heteroatoms. The fraction of sp³-hybridized carbons (Fsp3) is 0.471. The first-order valence-corrected chi connectivity index (χ1v) is 15.2. The predicted molar refractivity (Wildman–Crippen MR) is 156 cm³/mol. The van der Waals surface area contributed by atoms with E-state index in [4.69, 9.17) is 9.47 Å². The highest BCUT2D eigenvalue weighted by Gasteiger charge is 2.43. The maximum Gasteiger partial charge on any atom is 0.393 e. The first-order valence-electron chi connectivity index (χ1n) is 15.2. The molecule has 2 aromatic carbocycles. The highest BCUT2D eigenvalue weighted by atomic mass is 19.4. The number of alkyl halides is 3. The molecule has 0 radical (unpaired) electrons. The van der Waals surface area contributed by atoms with Gasteiger partial charge in [0, 0.05) is 24.7 Å². The van der Waals surface area contributed by atoms with Gasteiger partial charge >= 0.3 is 12.1 Å². The van der Waals surface area contributed by atoms with E-state index in [-0.39, 0.29) is 43.0 Å². The van der Waals surface area contributed by atoms with Crippen LogP contribution in [0.3, 0.4) is 0 Å². The first kappa shape index (κ1) is 30.4. The van der Waals surface area contributed by atoms with Crippen molar-refractivity contribution in [1.82, 2.24) is 9.88 Å². The Morgan fingerprint density at radius 1 is 1.11 bits per heavy atom. The molecular weight excluding hydrogens is 576 g/mol. The Morgan fingerprint density at radius 3 is 2.59 bits per heavy atom. The number of carboxylic acids is 1. The Hall–Kier alpha value is -3.66. The second-order valence-electron chi connectivity index (χ2n) is 12.4. The third-order valence-electron chi connectivity index (χ3n) is 9.44. The van der Waals surface area contributed by atoms with Gasteiger partial charge in [-0.05, 0) is 84.4 Å². The fourth-order valence-corrected chi connectivity index (χ4v) is 6.84. The van der Waals surface area contributed by atoms with E-state index in [0.29, 0.717) is 30.0 Å². The molecule has 1 unspecified atom stereocenters. The molecule has 6 nitrogen and oxygen atoms in total. The molecule has 2 aliphatic heterocycles. The van der Waals surface area contributed by atoms with Gasteiger partial charge in [-0.3, -0.25) is 9.69 Å². The maximum absolute atomic E-state index is 15.1. The number of carboxylic acid groups (broad SMARTS) is 1. The van der Waals surface area contributed by atoms with E-state index < -0.39 is 29.8 Å². The second-order valence-corrected chi connectivity index (χ2v) is 12.4. The minimum absolute atomic E-state index is 0.0309. The summed E-state index contributed by atoms with van der Waals surface area (Å²) in [5.41, 5.74) is 4.41. The summed E-state index contributed by atoms with van der Waals surface area (Å²) < 4.78 is 67.1. The highest BCUT2D eigenvalue weighted by molar-refractivity contribution is 5.71. The van der Waals surface area contributed by atoms with Crippen LogP contribution < -0.4 is 9.47 Å². The fourth-order valence-electron chi connectivity index (χ4n) is 6.84. The van der Waals surface area contributed by atoms with Crippen LogP contribution in [0, 0.1) is 23.6 Å². The van der Waals surface area contributed by atoms with Crippen LogP contribution in [-0.2, 0) is 17.8 Å². The van der Waals surface area contributed by atoms with Crippen LogP contribution in [0.4, 0.5) is 17.6 Å². The predicted octanol–water partition coefficient (Wildman–Crippen LogP) is 7.56. The Morgan fingerprint density at radius 2 is 1.91 bits per heavy atom. The number of methoxy groups -OCH3 is 1. The van der Waals surface area contributed by atoms with Crippen molar-refractivity contribution >= 4 is 5.97 Å². The van der Waals surface area contributed by atoms with Crippen LogP contribution in [0.2, 0.25) is 0 Å². The van der Waals surface area contributed by atoms with Gasteiger partial charge in [0.15, 0.2) is 0 Å². The van der Waals surface area contributed by atoms with E-state index in [9.17, 15) is 23.1 Å². The molecule has 0 spiro atoms. The molecule has 0 bridgehead atoms. The molecule has 3 aromatic rings. The molecule has 1 saturated carbocycles. The van der Waals surface area contributed by atoms with Crippen LogP contribution in [0.1, 0.15) is 66.9 Å². The third-order valence-corrected chi connectivity index (χ3v) is 9.44. The Kier molecular flexibility index (Phi) is 8.30. The van der Waals surface area contributed by atoms with E-state index in [1.165, 1.54) is 13.2 Å². The SMILES string of the molecule is COc1cc(-c2ccc(C3CCc4ccc([C@H](C5CC5)[C@H](C)C(=O)O)cc4O3)cc2CN2CC[C@@H](C(F)(F)F)C2)c(F)cn1. The number of halogens is 4. The van der Waals surface area contributed by atoms with Crippen molar-refractivity contribution in [2.75, 3.05) is 20.2 Å². The van der Waals surface area contributed by atoms with E-state index in [1.54, 1.807) is 17.9 Å². The summed E-state index contributed by atoms with van der Waals surface area (Å²) in [6.45, 7) is 2.17. The summed E-state index contributed by atoms with van der Waals surface area (Å²) in [7, 11) is 1.44. The molecule has 6 rings (SSSR count). The number of hydrogen-bond acceptors (Lipinski definition) is 5. The number of hydrogen-bond donors (Lipinski definition) is 1. The molecule has 3 heterocycles. The third kappa shape index (κ3) is 6.27. The Labute approximate surface area is 254 Å². The number of ether oxygens (including phenoxy) is 2. The van der Waals surface area contributed by atoms with Crippen LogP contribution >= 0.6 is 0 Å². The van der Waals surface area contributed by atoms with Gasteiger partial charge in [-0.2, -0.15) is 13.2 Å². The zero-order valence-corrected chi connectivity index (χ0v) is 24.7. The zero-order chi connectivity index (χ0) is 31.2. The number of benzene rings is 2. The number of aliphatic carboxylic acids is 1. The number of aromatic nitrogens is 1. The Bertz CT molecular complexity index is 1540. The van der Waals surface area contributed by atoms with E-state index in [1.807, 2.05) is 30.3 Å². The molecule has 44 heavy (non-hydrogen) atoms. The van der Waals surface area contributed by atoms with Gasteiger partial charge in [-0.15, -0.1) is 0 Å².